The molecule has 68 valence electrons. The molecule has 1 aromatic carbocycles. The van der Waals surface area contributed by atoms with E-state index in [4.69, 9.17) is 10.4 Å². The van der Waals surface area contributed by atoms with E-state index in [-0.39, 0.29) is 12.5 Å². The standard InChI is InChI=1S/C11H13NO/c1-8-4-3-5-9(2)11(8)10(6-12)7-13/h3-5,10,13H,7H2,1-2H3. The Hall–Kier alpha value is -1.33. The molecule has 1 aromatic rings. The monoisotopic (exact) mass is 175 g/mol. The van der Waals surface area contributed by atoms with Gasteiger partial charge in [0.25, 0.3) is 0 Å². The average molecular weight is 175 g/mol. The van der Waals surface area contributed by atoms with Gasteiger partial charge in [-0.25, -0.2) is 0 Å². The fourth-order valence-electron chi connectivity index (χ4n) is 1.57. The van der Waals surface area contributed by atoms with Gasteiger partial charge in [-0.05, 0) is 30.5 Å². The van der Waals surface area contributed by atoms with Gasteiger partial charge in [-0.3, -0.25) is 0 Å². The molecule has 0 amide bonds. The van der Waals surface area contributed by atoms with E-state index >= 15 is 0 Å². The summed E-state index contributed by atoms with van der Waals surface area (Å²) < 4.78 is 0. The summed E-state index contributed by atoms with van der Waals surface area (Å²) in [5.41, 5.74) is 3.11. The molecule has 0 saturated heterocycles. The van der Waals surface area contributed by atoms with E-state index in [1.165, 1.54) is 0 Å². The normalized spacial score (nSPS) is 12.2. The predicted molar refractivity (Wildman–Crippen MR) is 51.4 cm³/mol. The quantitative estimate of drug-likeness (QED) is 0.746. The highest BCUT2D eigenvalue weighted by molar-refractivity contribution is 5.39. The summed E-state index contributed by atoms with van der Waals surface area (Å²) in [5.74, 6) is -0.388. The minimum Gasteiger partial charge on any atom is -0.395 e. The third-order valence-corrected chi connectivity index (χ3v) is 2.23. The number of hydrogen-bond acceptors (Lipinski definition) is 2. The maximum absolute atomic E-state index is 9.01. The summed E-state index contributed by atoms with van der Waals surface area (Å²) in [6.07, 6.45) is 0. The summed E-state index contributed by atoms with van der Waals surface area (Å²) in [6.45, 7) is 3.81. The van der Waals surface area contributed by atoms with Gasteiger partial charge in [0.05, 0.1) is 18.6 Å². The van der Waals surface area contributed by atoms with Gasteiger partial charge in [-0.15, -0.1) is 0 Å². The fraction of sp³-hybridized carbons (Fsp3) is 0.364. The second kappa shape index (κ2) is 4.06. The summed E-state index contributed by atoms with van der Waals surface area (Å²) in [5, 5.41) is 17.8. The van der Waals surface area contributed by atoms with Crippen molar-refractivity contribution in [1.82, 2.24) is 0 Å². The van der Waals surface area contributed by atoms with Crippen LogP contribution in [-0.2, 0) is 0 Å². The Bertz CT molecular complexity index is 318. The van der Waals surface area contributed by atoms with E-state index in [2.05, 4.69) is 6.07 Å². The number of nitriles is 1. The number of benzene rings is 1. The summed E-state index contributed by atoms with van der Waals surface area (Å²) >= 11 is 0. The zero-order valence-corrected chi connectivity index (χ0v) is 7.91. The van der Waals surface area contributed by atoms with Crippen molar-refractivity contribution in [3.05, 3.63) is 34.9 Å². The molecule has 1 N–H and O–H groups in total. The molecule has 0 radical (unpaired) electrons. The Morgan fingerprint density at radius 2 is 1.92 bits per heavy atom. The molecule has 0 aliphatic carbocycles. The van der Waals surface area contributed by atoms with Gasteiger partial charge in [-0.2, -0.15) is 5.26 Å². The van der Waals surface area contributed by atoms with Crippen molar-refractivity contribution in [1.29, 1.82) is 5.26 Å². The Balaban J connectivity index is 3.20. The number of nitrogens with zero attached hydrogens (tertiary/aromatic N) is 1. The molecule has 1 unspecified atom stereocenters. The van der Waals surface area contributed by atoms with Crippen molar-refractivity contribution < 1.29 is 5.11 Å². The lowest BCUT2D eigenvalue weighted by Crippen LogP contribution is -2.05. The van der Waals surface area contributed by atoms with Crippen LogP contribution in [0, 0.1) is 25.2 Å². The Morgan fingerprint density at radius 3 is 2.31 bits per heavy atom. The topological polar surface area (TPSA) is 44.0 Å². The first-order valence-electron chi connectivity index (χ1n) is 4.27. The molecule has 2 nitrogen and oxygen atoms in total. The van der Waals surface area contributed by atoms with Crippen LogP contribution in [0.4, 0.5) is 0 Å². The zero-order chi connectivity index (χ0) is 9.84. The van der Waals surface area contributed by atoms with Gasteiger partial charge in [0, 0.05) is 0 Å². The minimum absolute atomic E-state index is 0.109. The zero-order valence-electron chi connectivity index (χ0n) is 7.91. The number of rotatable bonds is 2. The smallest absolute Gasteiger partial charge is 0.0948 e. The summed E-state index contributed by atoms with van der Waals surface area (Å²) in [4.78, 5) is 0. The molecule has 1 rings (SSSR count). The molecule has 0 aliphatic rings. The minimum atomic E-state index is -0.388. The summed E-state index contributed by atoms with van der Waals surface area (Å²) in [6, 6.07) is 7.98. The second-order valence-corrected chi connectivity index (χ2v) is 3.17. The van der Waals surface area contributed by atoms with Crippen LogP contribution in [0.3, 0.4) is 0 Å². The molecule has 0 heterocycles. The molecule has 1 atom stereocenters. The maximum atomic E-state index is 9.01. The Morgan fingerprint density at radius 1 is 1.38 bits per heavy atom. The van der Waals surface area contributed by atoms with Crippen molar-refractivity contribution in [3.63, 3.8) is 0 Å². The molecular formula is C11H13NO. The first kappa shape index (κ1) is 9.76. The van der Waals surface area contributed by atoms with Crippen LogP contribution in [-0.4, -0.2) is 11.7 Å². The number of aliphatic hydroxyl groups excluding tert-OH is 1. The molecule has 13 heavy (non-hydrogen) atoms. The van der Waals surface area contributed by atoms with Gasteiger partial charge in [-0.1, -0.05) is 18.2 Å². The van der Waals surface area contributed by atoms with Crippen molar-refractivity contribution in [2.45, 2.75) is 19.8 Å². The largest absolute Gasteiger partial charge is 0.395 e. The molecule has 0 bridgehead atoms. The third-order valence-electron chi connectivity index (χ3n) is 2.23. The lowest BCUT2D eigenvalue weighted by Gasteiger charge is -2.12. The summed E-state index contributed by atoms with van der Waals surface area (Å²) in [7, 11) is 0. The first-order valence-corrected chi connectivity index (χ1v) is 4.27. The Kier molecular flexibility index (Phi) is 3.05. The van der Waals surface area contributed by atoms with E-state index in [1.807, 2.05) is 32.0 Å². The van der Waals surface area contributed by atoms with Gasteiger partial charge < -0.3 is 5.11 Å². The van der Waals surface area contributed by atoms with Crippen molar-refractivity contribution in [3.8, 4) is 6.07 Å². The van der Waals surface area contributed by atoms with Gasteiger partial charge in [0.15, 0.2) is 0 Å². The number of hydrogen-bond donors (Lipinski definition) is 1. The van der Waals surface area contributed by atoms with E-state index < -0.39 is 0 Å². The van der Waals surface area contributed by atoms with Gasteiger partial charge in [0.1, 0.15) is 0 Å². The molecule has 0 spiro atoms. The molecule has 0 aliphatic heterocycles. The fourth-order valence-corrected chi connectivity index (χ4v) is 1.57. The molecule has 0 aromatic heterocycles. The van der Waals surface area contributed by atoms with E-state index in [0.717, 1.165) is 16.7 Å². The van der Waals surface area contributed by atoms with Crippen LogP contribution < -0.4 is 0 Å². The molecule has 0 saturated carbocycles. The lowest BCUT2D eigenvalue weighted by atomic mass is 9.92. The highest BCUT2D eigenvalue weighted by Crippen LogP contribution is 2.22. The lowest BCUT2D eigenvalue weighted by molar-refractivity contribution is 0.285. The van der Waals surface area contributed by atoms with Crippen molar-refractivity contribution in [2.24, 2.45) is 0 Å². The van der Waals surface area contributed by atoms with Crippen molar-refractivity contribution in [2.75, 3.05) is 6.61 Å². The number of aryl methyl sites for hydroxylation is 2. The molecule has 0 fully saturated rings. The first-order chi connectivity index (χ1) is 6.20. The maximum Gasteiger partial charge on any atom is 0.0948 e. The second-order valence-electron chi connectivity index (χ2n) is 3.17. The average Bonchev–Trinajstić information content (AvgIpc) is 2.11. The molecular weight excluding hydrogens is 162 g/mol. The predicted octanol–water partition coefficient (Wildman–Crippen LogP) is 1.90. The van der Waals surface area contributed by atoms with Crippen LogP contribution in [0.5, 0.6) is 0 Å². The SMILES string of the molecule is Cc1cccc(C)c1C(C#N)CO. The van der Waals surface area contributed by atoms with Crippen LogP contribution in [0.15, 0.2) is 18.2 Å². The highest BCUT2D eigenvalue weighted by Gasteiger charge is 2.13. The van der Waals surface area contributed by atoms with Crippen LogP contribution in [0.2, 0.25) is 0 Å². The van der Waals surface area contributed by atoms with E-state index in [1.54, 1.807) is 0 Å². The van der Waals surface area contributed by atoms with Crippen LogP contribution in [0.1, 0.15) is 22.6 Å². The van der Waals surface area contributed by atoms with Gasteiger partial charge in [0.2, 0.25) is 0 Å². The van der Waals surface area contributed by atoms with Gasteiger partial charge >= 0.3 is 0 Å². The third kappa shape index (κ3) is 1.88. The van der Waals surface area contributed by atoms with Crippen LogP contribution in [0.25, 0.3) is 0 Å². The van der Waals surface area contributed by atoms with Crippen molar-refractivity contribution >= 4 is 0 Å². The highest BCUT2D eigenvalue weighted by atomic mass is 16.3. The number of aliphatic hydroxyl groups is 1. The van der Waals surface area contributed by atoms with E-state index in [9.17, 15) is 0 Å². The van der Waals surface area contributed by atoms with Crippen LogP contribution >= 0.6 is 0 Å². The van der Waals surface area contributed by atoms with E-state index in [0.29, 0.717) is 0 Å². The Labute approximate surface area is 78.4 Å². The molecule has 2 heteroatoms.